The van der Waals surface area contributed by atoms with Crippen LogP contribution in [0, 0.1) is 11.8 Å². The second-order valence-corrected chi connectivity index (χ2v) is 6.71. The van der Waals surface area contributed by atoms with Gasteiger partial charge in [0.15, 0.2) is 5.54 Å². The number of rotatable bonds is 5. The Bertz CT molecular complexity index is 793. The van der Waals surface area contributed by atoms with Crippen LogP contribution in [0.5, 0.6) is 0 Å². The number of cyclic esters (lactones) is 1. The molecule has 3 nitrogen and oxygen atoms in total. The first kappa shape index (κ1) is 17.2. The number of benzene rings is 2. The van der Waals surface area contributed by atoms with E-state index in [1.54, 1.807) is 0 Å². The number of carbonyl (C=O) groups excluding carboxylic acids is 1. The van der Waals surface area contributed by atoms with Crippen LogP contribution in [0.15, 0.2) is 71.7 Å². The Morgan fingerprint density at radius 1 is 0.960 bits per heavy atom. The summed E-state index contributed by atoms with van der Waals surface area (Å²) < 4.78 is 5.58. The Morgan fingerprint density at radius 2 is 1.56 bits per heavy atom. The van der Waals surface area contributed by atoms with Crippen molar-refractivity contribution in [3.8, 4) is 0 Å². The molecule has 0 saturated heterocycles. The molecule has 1 aliphatic rings. The number of ether oxygens (including phenoxy) is 1. The molecule has 0 unspecified atom stereocenters. The zero-order valence-electron chi connectivity index (χ0n) is 14.8. The Kier molecular flexibility index (Phi) is 4.84. The van der Waals surface area contributed by atoms with Gasteiger partial charge < -0.3 is 4.74 Å². The summed E-state index contributed by atoms with van der Waals surface area (Å²) in [7, 11) is 0. The lowest BCUT2D eigenvalue weighted by molar-refractivity contribution is -0.141. The minimum Gasteiger partial charge on any atom is -0.405 e. The van der Waals surface area contributed by atoms with Gasteiger partial charge in [-0.25, -0.2) is 9.79 Å². The third kappa shape index (κ3) is 3.27. The molecule has 2 atom stereocenters. The summed E-state index contributed by atoms with van der Waals surface area (Å²) in [5.41, 5.74) is 1.04. The van der Waals surface area contributed by atoms with E-state index in [4.69, 9.17) is 9.73 Å². The molecule has 128 valence electrons. The summed E-state index contributed by atoms with van der Waals surface area (Å²) in [4.78, 5) is 17.6. The summed E-state index contributed by atoms with van der Waals surface area (Å²) >= 11 is 0. The van der Waals surface area contributed by atoms with Gasteiger partial charge >= 0.3 is 5.97 Å². The maximum absolute atomic E-state index is 12.8. The lowest BCUT2D eigenvalue weighted by Gasteiger charge is -2.30. The topological polar surface area (TPSA) is 38.7 Å². The molecule has 3 rings (SSSR count). The van der Waals surface area contributed by atoms with Crippen molar-refractivity contribution in [2.75, 3.05) is 0 Å². The first-order valence-electron chi connectivity index (χ1n) is 8.65. The molecular formula is C22H23NO2. The van der Waals surface area contributed by atoms with Crippen molar-refractivity contribution in [2.24, 2.45) is 16.8 Å². The van der Waals surface area contributed by atoms with Crippen LogP contribution in [0.3, 0.4) is 0 Å². The van der Waals surface area contributed by atoms with Gasteiger partial charge in [-0.05, 0) is 23.6 Å². The zero-order chi connectivity index (χ0) is 17.9. The summed E-state index contributed by atoms with van der Waals surface area (Å²) in [6, 6.07) is 19.6. The first-order chi connectivity index (χ1) is 12.0. The van der Waals surface area contributed by atoms with Gasteiger partial charge in [-0.1, -0.05) is 81.5 Å². The van der Waals surface area contributed by atoms with E-state index >= 15 is 0 Å². The van der Waals surface area contributed by atoms with Gasteiger partial charge in [0.05, 0.1) is 0 Å². The second-order valence-electron chi connectivity index (χ2n) is 6.71. The molecule has 0 aromatic heterocycles. The Morgan fingerprint density at radius 3 is 2.16 bits per heavy atom. The van der Waals surface area contributed by atoms with Crippen LogP contribution in [-0.4, -0.2) is 17.4 Å². The highest BCUT2D eigenvalue weighted by atomic mass is 16.6. The molecule has 1 aliphatic heterocycles. The maximum atomic E-state index is 12.8. The molecule has 2 aromatic carbocycles. The van der Waals surface area contributed by atoms with E-state index < -0.39 is 5.54 Å². The zero-order valence-corrected chi connectivity index (χ0v) is 14.8. The van der Waals surface area contributed by atoms with E-state index in [9.17, 15) is 4.79 Å². The standard InChI is InChI=1S/C22H23NO2/c1-16(2)22(17(3)14-15-18-10-6-4-7-11-18)21(24)25-20(23-22)19-12-8-5-9-13-19/h4-17H,1-3H3/b15-14+/t17-,22+/m1/s1. The third-order valence-electron chi connectivity index (χ3n) is 4.77. The van der Waals surface area contributed by atoms with E-state index in [2.05, 4.69) is 0 Å². The van der Waals surface area contributed by atoms with Crippen molar-refractivity contribution < 1.29 is 9.53 Å². The van der Waals surface area contributed by atoms with Crippen molar-refractivity contribution in [2.45, 2.75) is 26.3 Å². The van der Waals surface area contributed by atoms with Crippen molar-refractivity contribution in [1.82, 2.24) is 0 Å². The van der Waals surface area contributed by atoms with Crippen LogP contribution < -0.4 is 0 Å². The van der Waals surface area contributed by atoms with Gasteiger partial charge in [0, 0.05) is 11.5 Å². The van der Waals surface area contributed by atoms with Crippen molar-refractivity contribution >= 4 is 17.9 Å². The molecule has 0 aliphatic carbocycles. The Balaban J connectivity index is 1.95. The predicted octanol–water partition coefficient (Wildman–Crippen LogP) is 4.73. The van der Waals surface area contributed by atoms with Crippen LogP contribution in [0.25, 0.3) is 6.08 Å². The van der Waals surface area contributed by atoms with Crippen molar-refractivity contribution in [3.05, 3.63) is 77.9 Å². The molecule has 25 heavy (non-hydrogen) atoms. The second kappa shape index (κ2) is 7.06. The van der Waals surface area contributed by atoms with Gasteiger partial charge in [0.2, 0.25) is 5.90 Å². The summed E-state index contributed by atoms with van der Waals surface area (Å²) in [5, 5.41) is 0. The monoisotopic (exact) mass is 333 g/mol. The minimum atomic E-state index is -0.892. The first-order valence-corrected chi connectivity index (χ1v) is 8.65. The van der Waals surface area contributed by atoms with Crippen molar-refractivity contribution in [1.29, 1.82) is 0 Å². The molecule has 0 saturated carbocycles. The molecule has 1 heterocycles. The quantitative estimate of drug-likeness (QED) is 0.742. The Hall–Kier alpha value is -2.68. The van der Waals surface area contributed by atoms with E-state index in [0.717, 1.165) is 11.1 Å². The lowest BCUT2D eigenvalue weighted by atomic mass is 9.76. The highest BCUT2D eigenvalue weighted by molar-refractivity contribution is 6.08. The smallest absolute Gasteiger partial charge is 0.341 e. The Labute approximate surface area is 149 Å². The largest absolute Gasteiger partial charge is 0.405 e. The fourth-order valence-corrected chi connectivity index (χ4v) is 3.25. The van der Waals surface area contributed by atoms with Gasteiger partial charge in [-0.3, -0.25) is 0 Å². The number of carbonyl (C=O) groups is 1. The van der Waals surface area contributed by atoms with Crippen LogP contribution in [-0.2, 0) is 9.53 Å². The van der Waals surface area contributed by atoms with Crippen LogP contribution >= 0.6 is 0 Å². The maximum Gasteiger partial charge on any atom is 0.341 e. The molecular weight excluding hydrogens is 310 g/mol. The molecule has 0 bridgehead atoms. The normalized spacial score (nSPS) is 21.4. The number of aliphatic imine (C=N–C) groups is 1. The molecule has 0 radical (unpaired) electrons. The minimum absolute atomic E-state index is 0.0247. The molecule has 0 amide bonds. The van der Waals surface area contributed by atoms with Crippen molar-refractivity contribution in [3.63, 3.8) is 0 Å². The van der Waals surface area contributed by atoms with Gasteiger partial charge in [-0.2, -0.15) is 0 Å². The summed E-state index contributed by atoms with van der Waals surface area (Å²) in [5.74, 6) is 0.0869. The van der Waals surface area contributed by atoms with E-state index in [1.165, 1.54) is 0 Å². The van der Waals surface area contributed by atoms with E-state index in [-0.39, 0.29) is 17.8 Å². The number of esters is 1. The van der Waals surface area contributed by atoms with Crippen LogP contribution in [0.4, 0.5) is 0 Å². The van der Waals surface area contributed by atoms with Crippen LogP contribution in [0.2, 0.25) is 0 Å². The van der Waals surface area contributed by atoms with Gasteiger partial charge in [0.25, 0.3) is 0 Å². The highest BCUT2D eigenvalue weighted by Gasteiger charge is 2.51. The highest BCUT2D eigenvalue weighted by Crippen LogP contribution is 2.38. The SMILES string of the molecule is CC(C)[C@@]1([C@H](C)/C=C/c2ccccc2)N=C(c2ccccc2)OC1=O. The van der Waals surface area contributed by atoms with Gasteiger partial charge in [-0.15, -0.1) is 0 Å². The number of nitrogens with zero attached hydrogens (tertiary/aromatic N) is 1. The summed E-state index contributed by atoms with van der Waals surface area (Å²) in [6.07, 6.45) is 4.09. The molecule has 0 spiro atoms. The molecule has 0 N–H and O–H groups in total. The lowest BCUT2D eigenvalue weighted by Crippen LogP contribution is -2.45. The predicted molar refractivity (Wildman–Crippen MR) is 101 cm³/mol. The van der Waals surface area contributed by atoms with Crippen LogP contribution in [0.1, 0.15) is 31.9 Å². The fourth-order valence-electron chi connectivity index (χ4n) is 3.25. The molecule has 3 heteroatoms. The summed E-state index contributed by atoms with van der Waals surface area (Å²) in [6.45, 7) is 6.06. The molecule has 2 aromatic rings. The van der Waals surface area contributed by atoms with E-state index in [0.29, 0.717) is 5.90 Å². The molecule has 0 fully saturated rings. The fraction of sp³-hybridized carbons (Fsp3) is 0.273. The average Bonchev–Trinajstić information content (AvgIpc) is 3.00. The average molecular weight is 333 g/mol. The number of hydrogen-bond acceptors (Lipinski definition) is 3. The number of hydrogen-bond donors (Lipinski definition) is 0. The third-order valence-corrected chi connectivity index (χ3v) is 4.77. The van der Waals surface area contributed by atoms with Gasteiger partial charge in [0.1, 0.15) is 0 Å². The van der Waals surface area contributed by atoms with E-state index in [1.807, 2.05) is 93.6 Å².